The minimum absolute atomic E-state index is 0.0847. The summed E-state index contributed by atoms with van der Waals surface area (Å²) in [6.07, 6.45) is 6.69. The molecule has 2 aliphatic heterocycles. The van der Waals surface area contributed by atoms with Gasteiger partial charge in [0.15, 0.2) is 0 Å². The van der Waals surface area contributed by atoms with Crippen molar-refractivity contribution >= 4 is 23.5 Å². The molecule has 4 saturated carbocycles. The first-order valence-corrected chi connectivity index (χ1v) is 22.4. The van der Waals surface area contributed by atoms with Crippen LogP contribution < -0.4 is 10.6 Å². The molecule has 0 spiro atoms. The fourth-order valence-electron chi connectivity index (χ4n) is 9.79. The standard InChI is InChI=1S/C20H37NO5S.C19H35NO5S/c1-11-5-4-6-12(7-11)21-13-8-15(20(2,3)9-13)27-19-18(25)17(24)16(23)14(10-22)26-19;1-19(2)9-12(20-11-6-4-3-5-7-11)8-14(19)26-18-17(24)16(23)15(22)13(10-21)25-18/h11-19,21-25H,4-10H2,1-3H3;11-18,20-24H,3-10H2,1-2H3/t11?,12?,13?,14-,15?,16+,17+,18-,19+;12?,13-,14?,15+,16+,17-,18+/m11/s1. The fourth-order valence-corrected chi connectivity index (χ4v) is 13.1. The van der Waals surface area contributed by atoms with Crippen LogP contribution in [0.1, 0.15) is 118 Å². The number of hydrogen-bond acceptors (Lipinski definition) is 14. The Bertz CT molecular complexity index is 1120. The Balaban J connectivity index is 0.000000204. The van der Waals surface area contributed by atoms with E-state index in [0.29, 0.717) is 24.2 Å². The van der Waals surface area contributed by atoms with Crippen molar-refractivity contribution in [3.8, 4) is 0 Å². The molecule has 2 saturated heterocycles. The van der Waals surface area contributed by atoms with E-state index < -0.39 is 59.7 Å². The molecular formula is C39H72N2O10S2. The molecule has 6 fully saturated rings. The number of hydrogen-bond donors (Lipinski definition) is 10. The third-order valence-electron chi connectivity index (χ3n) is 13.1. The van der Waals surface area contributed by atoms with Crippen molar-refractivity contribution in [2.24, 2.45) is 16.7 Å². The van der Waals surface area contributed by atoms with Crippen LogP contribution in [-0.2, 0) is 9.47 Å². The molecule has 0 bridgehead atoms. The van der Waals surface area contributed by atoms with Gasteiger partial charge in [-0.25, -0.2) is 0 Å². The summed E-state index contributed by atoms with van der Waals surface area (Å²) in [4.78, 5) is 0. The zero-order chi connectivity index (χ0) is 38.7. The van der Waals surface area contributed by atoms with Crippen molar-refractivity contribution < 1.29 is 50.3 Å². The van der Waals surface area contributed by atoms with Crippen LogP contribution in [0.15, 0.2) is 0 Å². The largest absolute Gasteiger partial charge is 0.394 e. The lowest BCUT2D eigenvalue weighted by Crippen LogP contribution is -2.58. The first kappa shape index (κ1) is 44.3. The van der Waals surface area contributed by atoms with Gasteiger partial charge in [0.1, 0.15) is 59.7 Å². The van der Waals surface area contributed by atoms with Gasteiger partial charge in [0, 0.05) is 34.7 Å². The molecule has 6 aliphatic rings. The zero-order valence-corrected chi connectivity index (χ0v) is 34.3. The van der Waals surface area contributed by atoms with Crippen LogP contribution in [0, 0.1) is 16.7 Å². The molecule has 0 aromatic rings. The first-order chi connectivity index (χ1) is 25.0. The molecule has 16 atom stereocenters. The smallest absolute Gasteiger partial charge is 0.132 e. The number of aliphatic hydroxyl groups excluding tert-OH is 8. The normalized spacial score (nSPS) is 46.1. The van der Waals surface area contributed by atoms with Gasteiger partial charge in [-0.3, -0.25) is 0 Å². The maximum Gasteiger partial charge on any atom is 0.132 e. The highest BCUT2D eigenvalue weighted by molar-refractivity contribution is 8.00. The quantitative estimate of drug-likeness (QED) is 0.154. The lowest BCUT2D eigenvalue weighted by atomic mass is 9.86. The monoisotopic (exact) mass is 792 g/mol. The Morgan fingerprint density at radius 1 is 0.528 bits per heavy atom. The summed E-state index contributed by atoms with van der Waals surface area (Å²) in [6, 6.07) is 2.15. The second-order valence-corrected chi connectivity index (χ2v) is 21.1. The molecule has 6 unspecified atom stereocenters. The molecule has 4 aliphatic carbocycles. The van der Waals surface area contributed by atoms with Gasteiger partial charge in [-0.1, -0.05) is 66.7 Å². The molecule has 2 heterocycles. The third-order valence-corrected chi connectivity index (χ3v) is 16.7. The van der Waals surface area contributed by atoms with Crippen molar-refractivity contribution in [1.82, 2.24) is 10.6 Å². The van der Waals surface area contributed by atoms with Crippen molar-refractivity contribution in [2.75, 3.05) is 13.2 Å². The number of rotatable bonds is 10. The maximum absolute atomic E-state index is 10.4. The number of thioether (sulfide) groups is 2. The molecule has 6 rings (SSSR count). The van der Waals surface area contributed by atoms with E-state index >= 15 is 0 Å². The van der Waals surface area contributed by atoms with E-state index in [0.717, 1.165) is 31.6 Å². The highest BCUT2D eigenvalue weighted by Crippen LogP contribution is 2.49. The molecule has 0 aromatic heterocycles. The Labute approximate surface area is 326 Å². The topological polar surface area (TPSA) is 204 Å². The second kappa shape index (κ2) is 19.3. The van der Waals surface area contributed by atoms with E-state index in [-0.39, 0.29) is 34.5 Å². The number of ether oxygens (including phenoxy) is 2. The van der Waals surface area contributed by atoms with Gasteiger partial charge in [-0.05, 0) is 68.1 Å². The summed E-state index contributed by atoms with van der Waals surface area (Å²) < 4.78 is 11.4. The van der Waals surface area contributed by atoms with Gasteiger partial charge >= 0.3 is 0 Å². The van der Waals surface area contributed by atoms with Crippen LogP contribution in [0.25, 0.3) is 0 Å². The van der Waals surface area contributed by atoms with Crippen LogP contribution in [0.2, 0.25) is 0 Å². The second-order valence-electron chi connectivity index (χ2n) is 18.5. The van der Waals surface area contributed by atoms with Crippen LogP contribution >= 0.6 is 23.5 Å². The fraction of sp³-hybridized carbons (Fsp3) is 1.00. The van der Waals surface area contributed by atoms with Gasteiger partial charge in [0.2, 0.25) is 0 Å². The molecular weight excluding hydrogens is 721 g/mol. The summed E-state index contributed by atoms with van der Waals surface area (Å²) in [6.45, 7) is 10.6. The predicted octanol–water partition coefficient (Wildman–Crippen LogP) is 2.24. The summed E-state index contributed by atoms with van der Waals surface area (Å²) >= 11 is 3.08. The summed E-state index contributed by atoms with van der Waals surface area (Å²) in [5.74, 6) is 0.796. The number of nitrogens with one attached hydrogen (secondary N) is 2. The highest BCUT2D eigenvalue weighted by atomic mass is 32.2. The number of aliphatic hydroxyl groups is 8. The SMILES string of the molecule is CC1(C)CC(NC2CCCCC2)CC1S[C@@H]1O[C@H](CO)[C@H](O)[C@H](O)[C@H]1O.CC1CCCC(NC2CC(S[C@@H]3O[C@H](CO)[C@H](O)[C@H](O)[C@H]3O)C(C)(C)C2)C1. The Morgan fingerprint density at radius 2 is 0.962 bits per heavy atom. The molecule has 310 valence electrons. The first-order valence-electron chi connectivity index (χ1n) is 20.5. The Morgan fingerprint density at radius 3 is 1.40 bits per heavy atom. The molecule has 14 heteroatoms. The highest BCUT2D eigenvalue weighted by Gasteiger charge is 2.50. The Kier molecular flexibility index (Phi) is 16.2. The lowest BCUT2D eigenvalue weighted by Gasteiger charge is -2.41. The van der Waals surface area contributed by atoms with Crippen molar-refractivity contribution in [3.63, 3.8) is 0 Å². The van der Waals surface area contributed by atoms with Gasteiger partial charge in [-0.2, -0.15) is 0 Å². The molecule has 12 nitrogen and oxygen atoms in total. The van der Waals surface area contributed by atoms with Crippen molar-refractivity contribution in [1.29, 1.82) is 0 Å². The molecule has 0 amide bonds. The predicted molar refractivity (Wildman–Crippen MR) is 208 cm³/mol. The van der Waals surface area contributed by atoms with Crippen LogP contribution in [-0.4, -0.2) is 148 Å². The molecule has 0 radical (unpaired) electrons. The van der Waals surface area contributed by atoms with Gasteiger partial charge in [0.05, 0.1) is 13.2 Å². The van der Waals surface area contributed by atoms with E-state index in [2.05, 4.69) is 45.3 Å². The lowest BCUT2D eigenvalue weighted by molar-refractivity contribution is -0.205. The van der Waals surface area contributed by atoms with Crippen LogP contribution in [0.4, 0.5) is 0 Å². The third kappa shape index (κ3) is 11.2. The van der Waals surface area contributed by atoms with E-state index in [9.17, 15) is 40.9 Å². The van der Waals surface area contributed by atoms with Crippen LogP contribution in [0.5, 0.6) is 0 Å². The van der Waals surface area contributed by atoms with Crippen LogP contribution in [0.3, 0.4) is 0 Å². The van der Waals surface area contributed by atoms with Gasteiger partial charge < -0.3 is 61.0 Å². The minimum Gasteiger partial charge on any atom is -0.394 e. The van der Waals surface area contributed by atoms with E-state index in [1.54, 1.807) is 0 Å². The molecule has 53 heavy (non-hydrogen) atoms. The average Bonchev–Trinajstić information content (AvgIpc) is 3.56. The Hall–Kier alpha value is 0.220. The van der Waals surface area contributed by atoms with E-state index in [1.807, 2.05) is 0 Å². The van der Waals surface area contributed by atoms with Gasteiger partial charge in [-0.15, -0.1) is 23.5 Å². The van der Waals surface area contributed by atoms with E-state index in [1.165, 1.54) is 81.3 Å². The minimum atomic E-state index is -1.30. The van der Waals surface area contributed by atoms with Crippen molar-refractivity contribution in [2.45, 2.75) is 212 Å². The zero-order valence-electron chi connectivity index (χ0n) is 32.6. The van der Waals surface area contributed by atoms with E-state index in [4.69, 9.17) is 9.47 Å². The van der Waals surface area contributed by atoms with Gasteiger partial charge in [0.25, 0.3) is 0 Å². The molecule has 10 N–H and O–H groups in total. The average molecular weight is 793 g/mol. The molecule has 0 aromatic carbocycles. The van der Waals surface area contributed by atoms with Crippen molar-refractivity contribution in [3.05, 3.63) is 0 Å². The summed E-state index contributed by atoms with van der Waals surface area (Å²) in [7, 11) is 0. The maximum atomic E-state index is 10.4. The summed E-state index contributed by atoms with van der Waals surface area (Å²) in [5.41, 5.74) is -1.10. The summed E-state index contributed by atoms with van der Waals surface area (Å²) in [5, 5.41) is 87.7.